The number of hydrogen-bond donors (Lipinski definition) is 1. The van der Waals surface area contributed by atoms with Gasteiger partial charge >= 0.3 is 0 Å². The largest absolute Gasteiger partial charge is 0.497 e. The molecular weight excluding hydrogens is 360 g/mol. The number of hydrogen-bond acceptors (Lipinski definition) is 5. The average molecular weight is 378 g/mol. The highest BCUT2D eigenvalue weighted by molar-refractivity contribution is 7.07. The summed E-state index contributed by atoms with van der Waals surface area (Å²) >= 11 is 1.51. The second kappa shape index (κ2) is 7.59. The molecule has 0 aliphatic carbocycles. The summed E-state index contributed by atoms with van der Waals surface area (Å²) in [6.07, 6.45) is 0. The van der Waals surface area contributed by atoms with E-state index in [1.807, 2.05) is 58.5 Å². The molecule has 0 radical (unpaired) electrons. The predicted molar refractivity (Wildman–Crippen MR) is 106 cm³/mol. The minimum absolute atomic E-state index is 0.0783. The second-order valence-corrected chi connectivity index (χ2v) is 6.73. The third-order valence-electron chi connectivity index (χ3n) is 4.27. The molecule has 0 spiro atoms. The van der Waals surface area contributed by atoms with Gasteiger partial charge in [0.1, 0.15) is 18.0 Å². The number of nitrogens with zero attached hydrogens (tertiary/aromatic N) is 3. The van der Waals surface area contributed by atoms with Gasteiger partial charge < -0.3 is 14.6 Å². The molecule has 1 N–H and O–H groups in total. The Kier molecular flexibility index (Phi) is 4.84. The van der Waals surface area contributed by atoms with Crippen LogP contribution in [0.3, 0.4) is 0 Å². The fourth-order valence-electron chi connectivity index (χ4n) is 2.90. The highest BCUT2D eigenvalue weighted by atomic mass is 32.1. The molecule has 2 aromatic heterocycles. The average Bonchev–Trinajstić information content (AvgIpc) is 3.35. The molecule has 0 saturated heterocycles. The lowest BCUT2D eigenvalue weighted by Crippen LogP contribution is -2.27. The van der Waals surface area contributed by atoms with E-state index in [9.17, 15) is 4.79 Å². The van der Waals surface area contributed by atoms with Crippen molar-refractivity contribution in [3.8, 4) is 17.3 Å². The summed E-state index contributed by atoms with van der Waals surface area (Å²) in [5.74, 6) is 1.42. The van der Waals surface area contributed by atoms with Crippen LogP contribution in [0, 0.1) is 0 Å². The molecule has 0 saturated carbocycles. The second-order valence-electron chi connectivity index (χ2n) is 6.01. The molecule has 0 aliphatic heterocycles. The molecule has 2 aromatic carbocycles. The number of para-hydroxylation sites is 2. The number of ether oxygens (including phenoxy) is 1. The monoisotopic (exact) mass is 378 g/mol. The highest BCUT2D eigenvalue weighted by Crippen LogP contribution is 2.24. The number of thiazole rings is 1. The Morgan fingerprint density at radius 3 is 2.74 bits per heavy atom. The molecule has 2 heterocycles. The molecule has 0 aliphatic rings. The minimum Gasteiger partial charge on any atom is -0.497 e. The van der Waals surface area contributed by atoms with Gasteiger partial charge in [0.15, 0.2) is 5.82 Å². The van der Waals surface area contributed by atoms with Gasteiger partial charge in [-0.25, -0.2) is 9.97 Å². The number of amides is 1. The lowest BCUT2D eigenvalue weighted by atomic mass is 10.2. The van der Waals surface area contributed by atoms with Crippen LogP contribution in [-0.4, -0.2) is 27.6 Å². The van der Waals surface area contributed by atoms with E-state index in [1.165, 1.54) is 11.3 Å². The number of aromatic nitrogens is 3. The van der Waals surface area contributed by atoms with Gasteiger partial charge in [-0.1, -0.05) is 24.3 Å². The number of imidazole rings is 1. The molecule has 136 valence electrons. The van der Waals surface area contributed by atoms with Gasteiger partial charge in [0, 0.05) is 11.9 Å². The fourth-order valence-corrected chi connectivity index (χ4v) is 3.43. The number of nitrogens with one attached hydrogen (secondary N) is 1. The summed E-state index contributed by atoms with van der Waals surface area (Å²) in [7, 11) is 1.63. The first-order valence-electron chi connectivity index (χ1n) is 8.48. The number of carbonyl (C=O) groups is 1. The smallest absolute Gasteiger partial charge is 0.240 e. The molecule has 27 heavy (non-hydrogen) atoms. The Balaban J connectivity index is 1.53. The van der Waals surface area contributed by atoms with Gasteiger partial charge in [-0.2, -0.15) is 0 Å². The fraction of sp³-hybridized carbons (Fsp3) is 0.150. The first-order valence-corrected chi connectivity index (χ1v) is 9.42. The molecule has 0 unspecified atom stereocenters. The summed E-state index contributed by atoms with van der Waals surface area (Å²) in [6.45, 7) is 0.644. The topological polar surface area (TPSA) is 69.0 Å². The zero-order chi connectivity index (χ0) is 18.6. The van der Waals surface area contributed by atoms with E-state index in [0.717, 1.165) is 28.0 Å². The molecular formula is C20H18N4O2S. The standard InChI is InChI=1S/C20H18N4O2S/c1-26-15-8-6-14(7-9-15)10-21-19(25)11-24-18-5-3-2-4-16(18)23-20(24)17-12-27-13-22-17/h2-9,12-13H,10-11H2,1H3,(H,21,25). The van der Waals surface area contributed by atoms with Crippen LogP contribution in [0.5, 0.6) is 5.75 Å². The Morgan fingerprint density at radius 1 is 1.19 bits per heavy atom. The van der Waals surface area contributed by atoms with E-state index in [0.29, 0.717) is 12.4 Å². The quantitative estimate of drug-likeness (QED) is 0.558. The normalized spacial score (nSPS) is 10.9. The van der Waals surface area contributed by atoms with Crippen molar-refractivity contribution in [1.82, 2.24) is 19.9 Å². The summed E-state index contributed by atoms with van der Waals surface area (Å²) in [6, 6.07) is 15.4. The maximum absolute atomic E-state index is 12.6. The molecule has 0 fully saturated rings. The van der Waals surface area contributed by atoms with E-state index >= 15 is 0 Å². The van der Waals surface area contributed by atoms with Crippen molar-refractivity contribution in [2.24, 2.45) is 0 Å². The lowest BCUT2D eigenvalue weighted by Gasteiger charge is -2.10. The van der Waals surface area contributed by atoms with Crippen LogP contribution in [0.2, 0.25) is 0 Å². The number of fused-ring (bicyclic) bond motifs is 1. The first kappa shape index (κ1) is 17.2. The summed E-state index contributed by atoms with van der Waals surface area (Å²) < 4.78 is 7.06. The van der Waals surface area contributed by atoms with Crippen LogP contribution >= 0.6 is 11.3 Å². The van der Waals surface area contributed by atoms with Gasteiger partial charge in [0.05, 0.1) is 23.7 Å². The molecule has 6 nitrogen and oxygen atoms in total. The number of carbonyl (C=O) groups excluding carboxylic acids is 1. The number of methoxy groups -OCH3 is 1. The maximum Gasteiger partial charge on any atom is 0.240 e. The van der Waals surface area contributed by atoms with Crippen molar-refractivity contribution in [3.05, 3.63) is 65.0 Å². The van der Waals surface area contributed by atoms with Crippen LogP contribution in [0.1, 0.15) is 5.56 Å². The molecule has 7 heteroatoms. The van der Waals surface area contributed by atoms with Crippen molar-refractivity contribution < 1.29 is 9.53 Å². The predicted octanol–water partition coefficient (Wildman–Crippen LogP) is 3.48. The zero-order valence-corrected chi connectivity index (χ0v) is 15.6. The van der Waals surface area contributed by atoms with E-state index in [4.69, 9.17) is 4.74 Å². The number of rotatable bonds is 6. The van der Waals surface area contributed by atoms with E-state index < -0.39 is 0 Å². The van der Waals surface area contributed by atoms with E-state index in [2.05, 4.69) is 15.3 Å². The number of benzene rings is 2. The van der Waals surface area contributed by atoms with Gasteiger partial charge in [-0.15, -0.1) is 11.3 Å². The SMILES string of the molecule is COc1ccc(CNC(=O)Cn2c(-c3cscn3)nc3ccccc32)cc1. The summed E-state index contributed by atoms with van der Waals surface area (Å²) in [5, 5.41) is 4.90. The summed E-state index contributed by atoms with van der Waals surface area (Å²) in [5.41, 5.74) is 5.32. The van der Waals surface area contributed by atoms with Crippen molar-refractivity contribution in [2.45, 2.75) is 13.1 Å². The Bertz CT molecular complexity index is 1060. The van der Waals surface area contributed by atoms with Crippen LogP contribution in [0.15, 0.2) is 59.4 Å². The lowest BCUT2D eigenvalue weighted by molar-refractivity contribution is -0.121. The third kappa shape index (κ3) is 3.68. The van der Waals surface area contributed by atoms with Crippen LogP contribution in [0.4, 0.5) is 0 Å². The summed E-state index contributed by atoms with van der Waals surface area (Å²) in [4.78, 5) is 21.6. The van der Waals surface area contributed by atoms with Crippen molar-refractivity contribution in [1.29, 1.82) is 0 Å². The van der Waals surface area contributed by atoms with Crippen LogP contribution in [-0.2, 0) is 17.9 Å². The van der Waals surface area contributed by atoms with Crippen molar-refractivity contribution in [2.75, 3.05) is 7.11 Å². The van der Waals surface area contributed by atoms with Gasteiger partial charge in [-0.3, -0.25) is 4.79 Å². The van der Waals surface area contributed by atoms with Gasteiger partial charge in [0.2, 0.25) is 5.91 Å². The zero-order valence-electron chi connectivity index (χ0n) is 14.8. The third-order valence-corrected chi connectivity index (χ3v) is 4.85. The molecule has 1 amide bonds. The maximum atomic E-state index is 12.6. The van der Waals surface area contributed by atoms with Gasteiger partial charge in [0.25, 0.3) is 0 Å². The van der Waals surface area contributed by atoms with E-state index in [1.54, 1.807) is 12.6 Å². The first-order chi connectivity index (χ1) is 13.2. The van der Waals surface area contributed by atoms with Crippen LogP contribution in [0.25, 0.3) is 22.6 Å². The Morgan fingerprint density at radius 2 is 2.00 bits per heavy atom. The molecule has 0 bridgehead atoms. The highest BCUT2D eigenvalue weighted by Gasteiger charge is 2.16. The van der Waals surface area contributed by atoms with E-state index in [-0.39, 0.29) is 12.5 Å². The molecule has 4 aromatic rings. The Hall–Kier alpha value is -3.19. The minimum atomic E-state index is -0.0783. The van der Waals surface area contributed by atoms with Gasteiger partial charge in [-0.05, 0) is 29.8 Å². The molecule has 0 atom stereocenters. The Labute approximate surface area is 160 Å². The van der Waals surface area contributed by atoms with Crippen LogP contribution < -0.4 is 10.1 Å². The van der Waals surface area contributed by atoms with Crippen molar-refractivity contribution >= 4 is 28.3 Å². The van der Waals surface area contributed by atoms with Crippen molar-refractivity contribution in [3.63, 3.8) is 0 Å². The molecule has 4 rings (SSSR count).